The van der Waals surface area contributed by atoms with Gasteiger partial charge in [0, 0.05) is 45.1 Å². The van der Waals surface area contributed by atoms with Crippen molar-refractivity contribution in [2.24, 2.45) is 0 Å². The molecule has 1 aromatic rings. The summed E-state index contributed by atoms with van der Waals surface area (Å²) in [5.74, 6) is 0.829. The van der Waals surface area contributed by atoms with Gasteiger partial charge in [0.05, 0.1) is 5.69 Å². The van der Waals surface area contributed by atoms with Gasteiger partial charge in [-0.15, -0.1) is 0 Å². The first-order valence-electron chi connectivity index (χ1n) is 7.73. The second kappa shape index (κ2) is 5.87. The molecular formula is C15H22N4O2. The highest BCUT2D eigenvalue weighted by Gasteiger charge is 2.29. The highest BCUT2D eigenvalue weighted by atomic mass is 16.2. The molecule has 0 spiro atoms. The van der Waals surface area contributed by atoms with Crippen molar-refractivity contribution in [2.75, 3.05) is 31.6 Å². The molecule has 1 aromatic heterocycles. The molecule has 1 unspecified atom stereocenters. The smallest absolute Gasteiger partial charge is 0.252 e. The maximum Gasteiger partial charge on any atom is 0.252 e. The Morgan fingerprint density at radius 1 is 1.19 bits per heavy atom. The maximum atomic E-state index is 11.9. The lowest BCUT2D eigenvalue weighted by Crippen LogP contribution is -2.29. The van der Waals surface area contributed by atoms with Crippen LogP contribution in [0.4, 0.5) is 5.95 Å². The molecule has 114 valence electrons. The van der Waals surface area contributed by atoms with Crippen LogP contribution in [0, 0.1) is 0 Å². The Morgan fingerprint density at radius 2 is 1.90 bits per heavy atom. The number of hydrogen-bond acceptors (Lipinski definition) is 4. The Hall–Kier alpha value is -1.85. The van der Waals surface area contributed by atoms with Crippen LogP contribution in [0.15, 0.2) is 10.9 Å². The maximum absolute atomic E-state index is 11.9. The van der Waals surface area contributed by atoms with Crippen molar-refractivity contribution in [3.8, 4) is 0 Å². The number of carbonyl (C=O) groups is 1. The minimum atomic E-state index is -0.124. The molecule has 3 rings (SSSR count). The van der Waals surface area contributed by atoms with Crippen LogP contribution >= 0.6 is 0 Å². The van der Waals surface area contributed by atoms with Gasteiger partial charge < -0.3 is 9.80 Å². The van der Waals surface area contributed by atoms with E-state index in [1.54, 1.807) is 18.0 Å². The van der Waals surface area contributed by atoms with Gasteiger partial charge in [-0.2, -0.15) is 0 Å². The summed E-state index contributed by atoms with van der Waals surface area (Å²) >= 11 is 0. The average Bonchev–Trinajstić information content (AvgIpc) is 2.69. The number of likely N-dealkylation sites (N-methyl/N-ethyl adjacent to an activating group) is 1. The fourth-order valence-corrected chi connectivity index (χ4v) is 3.17. The number of carbonyl (C=O) groups excluding carboxylic acids is 1. The van der Waals surface area contributed by atoms with Crippen molar-refractivity contribution >= 4 is 11.9 Å². The minimum Gasteiger partial charge on any atom is -0.345 e. The van der Waals surface area contributed by atoms with Gasteiger partial charge in [0.15, 0.2) is 0 Å². The van der Waals surface area contributed by atoms with Crippen LogP contribution in [0.5, 0.6) is 0 Å². The average molecular weight is 290 g/mol. The van der Waals surface area contributed by atoms with Crippen molar-refractivity contribution in [1.29, 1.82) is 0 Å². The molecule has 0 bridgehead atoms. The van der Waals surface area contributed by atoms with E-state index in [0.29, 0.717) is 18.9 Å². The summed E-state index contributed by atoms with van der Waals surface area (Å²) in [7, 11) is 1.80. The van der Waals surface area contributed by atoms with Crippen LogP contribution in [0.25, 0.3) is 0 Å². The molecule has 21 heavy (non-hydrogen) atoms. The Labute approximate surface area is 124 Å². The SMILES string of the molecule is CN1CC(c2cc(=O)[nH]c(N3CCCCCC3)n2)CC1=O. The number of aromatic amines is 1. The molecule has 1 atom stereocenters. The number of H-pyrrole nitrogens is 1. The van der Waals surface area contributed by atoms with E-state index in [4.69, 9.17) is 0 Å². The van der Waals surface area contributed by atoms with Crippen LogP contribution < -0.4 is 10.5 Å². The Bertz CT molecular complexity index is 575. The predicted molar refractivity (Wildman–Crippen MR) is 80.5 cm³/mol. The zero-order valence-electron chi connectivity index (χ0n) is 12.5. The minimum absolute atomic E-state index is 0.0375. The van der Waals surface area contributed by atoms with Gasteiger partial charge in [0.2, 0.25) is 11.9 Å². The van der Waals surface area contributed by atoms with Gasteiger partial charge >= 0.3 is 0 Å². The zero-order valence-corrected chi connectivity index (χ0v) is 12.5. The lowest BCUT2D eigenvalue weighted by atomic mass is 10.0. The van der Waals surface area contributed by atoms with Crippen LogP contribution in [0.1, 0.15) is 43.7 Å². The molecule has 6 heteroatoms. The van der Waals surface area contributed by atoms with Gasteiger partial charge in [-0.1, -0.05) is 12.8 Å². The van der Waals surface area contributed by atoms with E-state index in [-0.39, 0.29) is 17.4 Å². The highest BCUT2D eigenvalue weighted by Crippen LogP contribution is 2.26. The number of hydrogen-bond donors (Lipinski definition) is 1. The van der Waals surface area contributed by atoms with Crippen LogP contribution in [0.3, 0.4) is 0 Å². The second-order valence-electron chi connectivity index (χ2n) is 6.07. The van der Waals surface area contributed by atoms with Gasteiger partial charge in [0.1, 0.15) is 0 Å². The van der Waals surface area contributed by atoms with Crippen molar-refractivity contribution < 1.29 is 4.79 Å². The molecule has 0 aromatic carbocycles. The molecule has 1 amide bonds. The standard InChI is InChI=1S/C15H22N4O2/c1-18-10-11(8-14(18)21)12-9-13(20)17-15(16-12)19-6-4-2-3-5-7-19/h9,11H,2-8,10H2,1H3,(H,16,17,20). The van der Waals surface area contributed by atoms with Gasteiger partial charge in [0.25, 0.3) is 5.56 Å². The zero-order chi connectivity index (χ0) is 14.8. The third kappa shape index (κ3) is 3.09. The largest absolute Gasteiger partial charge is 0.345 e. The van der Waals surface area contributed by atoms with E-state index in [1.807, 2.05) is 0 Å². The number of aromatic nitrogens is 2. The number of rotatable bonds is 2. The summed E-state index contributed by atoms with van der Waals surface area (Å²) in [6.45, 7) is 2.53. The van der Waals surface area contributed by atoms with Gasteiger partial charge in [-0.25, -0.2) is 4.98 Å². The van der Waals surface area contributed by atoms with E-state index in [0.717, 1.165) is 31.6 Å². The van der Waals surface area contributed by atoms with E-state index in [2.05, 4.69) is 14.9 Å². The fraction of sp³-hybridized carbons (Fsp3) is 0.667. The van der Waals surface area contributed by atoms with Gasteiger partial charge in [-0.05, 0) is 12.8 Å². The molecule has 2 fully saturated rings. The molecule has 0 saturated carbocycles. The van der Waals surface area contributed by atoms with E-state index in [1.165, 1.54) is 12.8 Å². The van der Waals surface area contributed by atoms with Gasteiger partial charge in [-0.3, -0.25) is 14.6 Å². The number of anilines is 1. The van der Waals surface area contributed by atoms with E-state index >= 15 is 0 Å². The number of nitrogens with one attached hydrogen (secondary N) is 1. The molecule has 3 heterocycles. The lowest BCUT2D eigenvalue weighted by molar-refractivity contribution is -0.126. The summed E-state index contributed by atoms with van der Waals surface area (Å²) in [6.07, 6.45) is 5.20. The number of nitrogens with zero attached hydrogens (tertiary/aromatic N) is 3. The third-order valence-corrected chi connectivity index (χ3v) is 4.41. The summed E-state index contributed by atoms with van der Waals surface area (Å²) in [4.78, 5) is 35.0. The summed E-state index contributed by atoms with van der Waals surface area (Å²) in [5, 5.41) is 0. The first-order chi connectivity index (χ1) is 10.1. The quantitative estimate of drug-likeness (QED) is 0.885. The molecule has 0 radical (unpaired) electrons. The number of amides is 1. The summed E-state index contributed by atoms with van der Waals surface area (Å²) in [6, 6.07) is 1.54. The topological polar surface area (TPSA) is 69.3 Å². The molecule has 6 nitrogen and oxygen atoms in total. The van der Waals surface area contributed by atoms with E-state index in [9.17, 15) is 9.59 Å². The summed E-state index contributed by atoms with van der Waals surface area (Å²) < 4.78 is 0. The Balaban J connectivity index is 1.86. The summed E-state index contributed by atoms with van der Waals surface area (Å²) in [5.41, 5.74) is 0.622. The Kier molecular flexibility index (Phi) is 3.94. The first-order valence-corrected chi connectivity index (χ1v) is 7.73. The normalized spacial score (nSPS) is 23.5. The Morgan fingerprint density at radius 3 is 2.52 bits per heavy atom. The van der Waals surface area contributed by atoms with Crippen molar-refractivity contribution in [1.82, 2.24) is 14.9 Å². The first kappa shape index (κ1) is 14.1. The lowest BCUT2D eigenvalue weighted by Gasteiger charge is -2.21. The third-order valence-electron chi connectivity index (χ3n) is 4.41. The predicted octanol–water partition coefficient (Wildman–Crippen LogP) is 1.10. The van der Waals surface area contributed by atoms with Crippen LogP contribution in [-0.4, -0.2) is 47.5 Å². The molecule has 1 N–H and O–H groups in total. The molecule has 2 saturated heterocycles. The monoisotopic (exact) mass is 290 g/mol. The van der Waals surface area contributed by atoms with Crippen molar-refractivity contribution in [2.45, 2.75) is 38.0 Å². The fourth-order valence-electron chi connectivity index (χ4n) is 3.17. The van der Waals surface area contributed by atoms with Crippen molar-refractivity contribution in [3.05, 3.63) is 22.1 Å². The van der Waals surface area contributed by atoms with Crippen molar-refractivity contribution in [3.63, 3.8) is 0 Å². The molecule has 2 aliphatic heterocycles. The highest BCUT2D eigenvalue weighted by molar-refractivity contribution is 5.79. The molecular weight excluding hydrogens is 268 g/mol. The van der Waals surface area contributed by atoms with Crippen LogP contribution in [0.2, 0.25) is 0 Å². The van der Waals surface area contributed by atoms with E-state index < -0.39 is 0 Å². The molecule has 0 aliphatic carbocycles. The van der Waals surface area contributed by atoms with Crippen LogP contribution in [-0.2, 0) is 4.79 Å². The molecule has 2 aliphatic rings. The second-order valence-corrected chi connectivity index (χ2v) is 6.07. The number of likely N-dealkylation sites (tertiary alicyclic amines) is 1.